The third-order valence-electron chi connectivity index (χ3n) is 3.83. The molecule has 1 aliphatic rings. The van der Waals surface area contributed by atoms with Gasteiger partial charge in [-0.3, -0.25) is 9.59 Å². The number of halogens is 2. The summed E-state index contributed by atoms with van der Waals surface area (Å²) in [4.78, 5) is 25.9. The van der Waals surface area contributed by atoms with Crippen LogP contribution in [0.25, 0.3) is 0 Å². The second-order valence-electron chi connectivity index (χ2n) is 5.67. The predicted molar refractivity (Wildman–Crippen MR) is 73.2 cm³/mol. The Morgan fingerprint density at radius 2 is 1.90 bits per heavy atom. The molecule has 0 spiro atoms. The van der Waals surface area contributed by atoms with E-state index >= 15 is 0 Å². The number of rotatable bonds is 3. The monoisotopic (exact) mass is 296 g/mol. The fourth-order valence-electron chi connectivity index (χ4n) is 2.36. The number of carbonyl (C=O) groups excluding carboxylic acids is 2. The van der Waals surface area contributed by atoms with E-state index in [1.54, 1.807) is 20.8 Å². The number of piperazine rings is 1. The molecule has 0 saturated carbocycles. The fraction of sp³-hybridized carbons (Fsp3) is 0.467. The van der Waals surface area contributed by atoms with Crippen molar-refractivity contribution >= 4 is 11.8 Å². The molecule has 1 aliphatic heterocycles. The second-order valence-corrected chi connectivity index (χ2v) is 5.67. The average Bonchev–Trinajstić information content (AvgIpc) is 2.43. The van der Waals surface area contributed by atoms with E-state index in [1.807, 2.05) is 0 Å². The predicted octanol–water partition coefficient (Wildman–Crippen LogP) is 1.98. The summed E-state index contributed by atoms with van der Waals surface area (Å²) in [6, 6.07) is 2.90. The zero-order chi connectivity index (χ0) is 15.8. The molecule has 0 aromatic heterocycles. The van der Waals surface area contributed by atoms with Crippen molar-refractivity contribution < 1.29 is 18.4 Å². The van der Waals surface area contributed by atoms with E-state index in [4.69, 9.17) is 0 Å². The van der Waals surface area contributed by atoms with Crippen LogP contribution >= 0.6 is 0 Å². The molecule has 1 atom stereocenters. The summed E-state index contributed by atoms with van der Waals surface area (Å²) in [6.45, 7) is 5.13. The van der Waals surface area contributed by atoms with Crippen LogP contribution in [-0.4, -0.2) is 28.3 Å². The average molecular weight is 296 g/mol. The van der Waals surface area contributed by atoms with Crippen LogP contribution in [-0.2, 0) is 16.1 Å². The van der Waals surface area contributed by atoms with Crippen LogP contribution in [0.15, 0.2) is 18.2 Å². The van der Waals surface area contributed by atoms with Gasteiger partial charge in [0.1, 0.15) is 11.6 Å². The highest BCUT2D eigenvalue weighted by Crippen LogP contribution is 2.25. The van der Waals surface area contributed by atoms with Gasteiger partial charge in [0.25, 0.3) is 0 Å². The summed E-state index contributed by atoms with van der Waals surface area (Å²) in [6.07, 6.45) is 0.481. The van der Waals surface area contributed by atoms with E-state index in [1.165, 1.54) is 11.0 Å². The van der Waals surface area contributed by atoms with Crippen molar-refractivity contribution in [3.8, 4) is 0 Å². The third kappa shape index (κ3) is 2.75. The minimum Gasteiger partial charge on any atom is -0.342 e. The highest BCUT2D eigenvalue weighted by Gasteiger charge is 2.45. The Morgan fingerprint density at radius 3 is 2.48 bits per heavy atom. The van der Waals surface area contributed by atoms with Crippen molar-refractivity contribution in [3.63, 3.8) is 0 Å². The molecule has 1 aromatic carbocycles. The molecule has 4 nitrogen and oxygen atoms in total. The van der Waals surface area contributed by atoms with Crippen molar-refractivity contribution in [3.05, 3.63) is 35.4 Å². The van der Waals surface area contributed by atoms with Crippen molar-refractivity contribution in [2.45, 2.75) is 45.3 Å². The molecule has 1 aromatic rings. The van der Waals surface area contributed by atoms with E-state index in [2.05, 4.69) is 5.32 Å². The van der Waals surface area contributed by atoms with Gasteiger partial charge in [-0.25, -0.2) is 8.78 Å². The maximum Gasteiger partial charge on any atom is 0.246 e. The Kier molecular flexibility index (Phi) is 3.98. The van der Waals surface area contributed by atoms with Crippen molar-refractivity contribution in [2.24, 2.45) is 0 Å². The van der Waals surface area contributed by atoms with E-state index in [0.717, 1.165) is 12.1 Å². The first kappa shape index (κ1) is 15.4. The molecule has 0 aliphatic carbocycles. The first-order valence-corrected chi connectivity index (χ1v) is 6.83. The van der Waals surface area contributed by atoms with E-state index in [9.17, 15) is 18.4 Å². The zero-order valence-corrected chi connectivity index (χ0v) is 12.2. The smallest absolute Gasteiger partial charge is 0.246 e. The maximum absolute atomic E-state index is 13.3. The molecule has 2 amide bonds. The lowest BCUT2D eigenvalue weighted by molar-refractivity contribution is -0.156. The molecule has 0 radical (unpaired) electrons. The molecule has 2 rings (SSSR count). The Morgan fingerprint density at radius 1 is 1.24 bits per heavy atom. The van der Waals surface area contributed by atoms with Crippen molar-refractivity contribution in [1.82, 2.24) is 10.2 Å². The van der Waals surface area contributed by atoms with Gasteiger partial charge < -0.3 is 10.2 Å². The number of hydrogen-bond donors (Lipinski definition) is 1. The van der Waals surface area contributed by atoms with Crippen molar-refractivity contribution in [2.75, 3.05) is 0 Å². The lowest BCUT2D eigenvalue weighted by Crippen LogP contribution is -2.67. The molecule has 1 unspecified atom stereocenters. The molecule has 0 bridgehead atoms. The van der Waals surface area contributed by atoms with E-state index in [0.29, 0.717) is 12.0 Å². The topological polar surface area (TPSA) is 49.4 Å². The number of nitrogens with one attached hydrogen (secondary N) is 1. The number of amides is 2. The van der Waals surface area contributed by atoms with E-state index in [-0.39, 0.29) is 18.4 Å². The first-order valence-electron chi connectivity index (χ1n) is 6.83. The molecule has 1 fully saturated rings. The molecule has 1 N–H and O–H groups in total. The Bertz CT molecular complexity index is 587. The Balaban J connectivity index is 2.31. The summed E-state index contributed by atoms with van der Waals surface area (Å²) >= 11 is 0. The second kappa shape index (κ2) is 5.42. The SMILES string of the molecule is CCC1NC(=O)C(C)(C)N(Cc2ccc(F)c(F)c2)C1=O. The Hall–Kier alpha value is -1.98. The minimum atomic E-state index is -1.03. The minimum absolute atomic E-state index is 0.0625. The number of nitrogens with zero attached hydrogens (tertiary/aromatic N) is 1. The van der Waals surface area contributed by atoms with Gasteiger partial charge in [0, 0.05) is 6.54 Å². The molecule has 6 heteroatoms. The van der Waals surface area contributed by atoms with Crippen LogP contribution in [0.1, 0.15) is 32.8 Å². The van der Waals surface area contributed by atoms with Crippen LogP contribution in [0, 0.1) is 11.6 Å². The van der Waals surface area contributed by atoms with E-state index < -0.39 is 23.2 Å². The van der Waals surface area contributed by atoms with Gasteiger partial charge in [0.15, 0.2) is 11.6 Å². The molecule has 21 heavy (non-hydrogen) atoms. The zero-order valence-electron chi connectivity index (χ0n) is 12.2. The fourth-order valence-corrected chi connectivity index (χ4v) is 2.36. The summed E-state index contributed by atoms with van der Waals surface area (Å²) in [5, 5.41) is 2.68. The Labute approximate surface area is 122 Å². The van der Waals surface area contributed by atoms with Gasteiger partial charge in [0.05, 0.1) is 0 Å². The van der Waals surface area contributed by atoms with Gasteiger partial charge in [-0.15, -0.1) is 0 Å². The van der Waals surface area contributed by atoms with Crippen LogP contribution < -0.4 is 5.32 Å². The van der Waals surface area contributed by atoms with Gasteiger partial charge in [0.2, 0.25) is 11.8 Å². The maximum atomic E-state index is 13.3. The highest BCUT2D eigenvalue weighted by atomic mass is 19.2. The van der Waals surface area contributed by atoms with Gasteiger partial charge >= 0.3 is 0 Å². The lowest BCUT2D eigenvalue weighted by Gasteiger charge is -2.44. The number of carbonyl (C=O) groups is 2. The third-order valence-corrected chi connectivity index (χ3v) is 3.83. The molecule has 114 valence electrons. The number of benzene rings is 1. The van der Waals surface area contributed by atoms with Gasteiger partial charge in [-0.05, 0) is 38.0 Å². The van der Waals surface area contributed by atoms with Crippen LogP contribution in [0.3, 0.4) is 0 Å². The molecule has 1 heterocycles. The normalized spacial score (nSPS) is 21.4. The summed E-state index contributed by atoms with van der Waals surface area (Å²) in [5.74, 6) is -2.37. The van der Waals surface area contributed by atoms with Crippen molar-refractivity contribution in [1.29, 1.82) is 0 Å². The highest BCUT2D eigenvalue weighted by molar-refractivity contribution is 5.99. The molecular formula is C15H18F2N2O2. The standard InChI is InChI=1S/C15H18F2N2O2/c1-4-12-13(20)19(15(2,3)14(21)18-12)8-9-5-6-10(16)11(17)7-9/h5-7,12H,4,8H2,1-3H3,(H,18,21). The van der Waals surface area contributed by atoms with Crippen LogP contribution in [0.4, 0.5) is 8.78 Å². The van der Waals surface area contributed by atoms with Crippen LogP contribution in [0.2, 0.25) is 0 Å². The largest absolute Gasteiger partial charge is 0.342 e. The summed E-state index contributed by atoms with van der Waals surface area (Å²) in [5.41, 5.74) is -0.590. The molecule has 1 saturated heterocycles. The van der Waals surface area contributed by atoms with Crippen LogP contribution in [0.5, 0.6) is 0 Å². The summed E-state index contributed by atoms with van der Waals surface area (Å²) in [7, 11) is 0. The lowest BCUT2D eigenvalue weighted by atomic mass is 9.94. The van der Waals surface area contributed by atoms with Gasteiger partial charge in [-0.1, -0.05) is 13.0 Å². The summed E-state index contributed by atoms with van der Waals surface area (Å²) < 4.78 is 26.2. The molecular weight excluding hydrogens is 278 g/mol. The van der Waals surface area contributed by atoms with Gasteiger partial charge in [-0.2, -0.15) is 0 Å². The quantitative estimate of drug-likeness (QED) is 0.927. The first-order chi connectivity index (χ1) is 9.77. The number of hydrogen-bond acceptors (Lipinski definition) is 2.